The van der Waals surface area contributed by atoms with Crippen molar-refractivity contribution in [3.05, 3.63) is 28.8 Å². The summed E-state index contributed by atoms with van der Waals surface area (Å²) in [4.78, 5) is 2.79. The first kappa shape index (κ1) is 15.1. The molecule has 6 heteroatoms. The highest BCUT2D eigenvalue weighted by Gasteiger charge is 2.19. The van der Waals surface area contributed by atoms with E-state index in [1.165, 1.54) is 5.01 Å². The number of hydrazine groups is 1. The van der Waals surface area contributed by atoms with E-state index in [4.69, 9.17) is 0 Å². The molecular weight excluding hydrogens is 250 g/mol. The molecule has 0 aliphatic heterocycles. The van der Waals surface area contributed by atoms with Crippen molar-refractivity contribution in [3.63, 3.8) is 0 Å². The summed E-state index contributed by atoms with van der Waals surface area (Å²) >= 11 is 0. The topological polar surface area (TPSA) is 61.4 Å². The molecular formula is C12H21N3O2S. The second kappa shape index (κ2) is 5.79. The first-order valence-electron chi connectivity index (χ1n) is 5.72. The van der Waals surface area contributed by atoms with Gasteiger partial charge in [-0.1, -0.05) is 6.07 Å². The molecule has 1 aromatic carbocycles. The summed E-state index contributed by atoms with van der Waals surface area (Å²) in [5.74, 6) is 0. The first-order valence-corrected chi connectivity index (χ1v) is 7.20. The standard InChI is InChI=1S/C12H21N3O2S/c1-9-6-11(8-13-3)7-12(10(9)2)18(16,17)14-15(4)5/h6-7,13-14H,8H2,1-5H3. The maximum Gasteiger partial charge on any atom is 0.253 e. The highest BCUT2D eigenvalue weighted by atomic mass is 32.2. The maximum atomic E-state index is 12.2. The van der Waals surface area contributed by atoms with Gasteiger partial charge in [0.2, 0.25) is 0 Å². The Morgan fingerprint density at radius 1 is 1.22 bits per heavy atom. The molecule has 102 valence electrons. The van der Waals surface area contributed by atoms with E-state index in [9.17, 15) is 8.42 Å². The summed E-state index contributed by atoms with van der Waals surface area (Å²) in [5, 5.41) is 4.45. The van der Waals surface area contributed by atoms with Gasteiger partial charge in [0.1, 0.15) is 0 Å². The predicted molar refractivity (Wildman–Crippen MR) is 72.7 cm³/mol. The zero-order chi connectivity index (χ0) is 13.9. The summed E-state index contributed by atoms with van der Waals surface area (Å²) in [5.41, 5.74) is 2.71. The van der Waals surface area contributed by atoms with Crippen LogP contribution in [0.2, 0.25) is 0 Å². The third kappa shape index (κ3) is 3.52. The zero-order valence-electron chi connectivity index (χ0n) is 11.5. The normalized spacial score (nSPS) is 12.1. The fraction of sp³-hybridized carbons (Fsp3) is 0.500. The molecule has 0 aromatic heterocycles. The third-order valence-corrected chi connectivity index (χ3v) is 4.26. The quantitative estimate of drug-likeness (QED) is 0.777. The Bertz CT molecular complexity index is 524. The molecule has 0 spiro atoms. The minimum atomic E-state index is -3.51. The van der Waals surface area contributed by atoms with Gasteiger partial charge in [0.25, 0.3) is 10.0 Å². The van der Waals surface area contributed by atoms with Crippen molar-refractivity contribution >= 4 is 10.0 Å². The summed E-state index contributed by atoms with van der Waals surface area (Å²) < 4.78 is 24.4. The van der Waals surface area contributed by atoms with Gasteiger partial charge in [-0.25, -0.2) is 13.4 Å². The van der Waals surface area contributed by atoms with Crippen molar-refractivity contribution in [1.29, 1.82) is 0 Å². The Kier molecular flexibility index (Phi) is 4.86. The monoisotopic (exact) mass is 271 g/mol. The number of rotatable bonds is 5. The van der Waals surface area contributed by atoms with Crippen LogP contribution in [0.5, 0.6) is 0 Å². The molecule has 0 radical (unpaired) electrons. The van der Waals surface area contributed by atoms with Crippen LogP contribution in [0.25, 0.3) is 0 Å². The van der Waals surface area contributed by atoms with Gasteiger partial charge in [0.15, 0.2) is 0 Å². The second-order valence-electron chi connectivity index (χ2n) is 4.56. The van der Waals surface area contributed by atoms with E-state index in [0.717, 1.165) is 16.7 Å². The molecule has 1 rings (SSSR count). The van der Waals surface area contributed by atoms with E-state index >= 15 is 0 Å². The predicted octanol–water partition coefficient (Wildman–Crippen LogP) is 0.778. The minimum absolute atomic E-state index is 0.335. The van der Waals surface area contributed by atoms with Crippen molar-refractivity contribution in [3.8, 4) is 0 Å². The fourth-order valence-corrected chi connectivity index (χ4v) is 3.22. The smallest absolute Gasteiger partial charge is 0.253 e. The van der Waals surface area contributed by atoms with Crippen LogP contribution in [0, 0.1) is 13.8 Å². The Hall–Kier alpha value is -0.950. The Morgan fingerprint density at radius 3 is 2.33 bits per heavy atom. The lowest BCUT2D eigenvalue weighted by Crippen LogP contribution is -2.36. The number of hydrogen-bond acceptors (Lipinski definition) is 4. The average Bonchev–Trinajstić information content (AvgIpc) is 2.21. The number of benzene rings is 1. The van der Waals surface area contributed by atoms with Gasteiger partial charge in [0, 0.05) is 20.6 Å². The summed E-state index contributed by atoms with van der Waals surface area (Å²) in [6.07, 6.45) is 0. The lowest BCUT2D eigenvalue weighted by Gasteiger charge is -2.16. The zero-order valence-corrected chi connectivity index (χ0v) is 12.4. The van der Waals surface area contributed by atoms with Crippen LogP contribution < -0.4 is 10.1 Å². The largest absolute Gasteiger partial charge is 0.316 e. The molecule has 18 heavy (non-hydrogen) atoms. The van der Waals surface area contributed by atoms with Crippen molar-refractivity contribution in [2.24, 2.45) is 0 Å². The molecule has 0 aliphatic rings. The molecule has 0 bridgehead atoms. The van der Waals surface area contributed by atoms with Gasteiger partial charge in [0.05, 0.1) is 4.90 Å². The Balaban J connectivity index is 3.30. The average molecular weight is 271 g/mol. The van der Waals surface area contributed by atoms with Crippen LogP contribution in [-0.2, 0) is 16.6 Å². The molecule has 0 heterocycles. The third-order valence-electron chi connectivity index (χ3n) is 2.65. The van der Waals surface area contributed by atoms with Crippen LogP contribution in [0.15, 0.2) is 17.0 Å². The molecule has 5 nitrogen and oxygen atoms in total. The van der Waals surface area contributed by atoms with Gasteiger partial charge < -0.3 is 5.32 Å². The van der Waals surface area contributed by atoms with E-state index in [-0.39, 0.29) is 0 Å². The highest BCUT2D eigenvalue weighted by Crippen LogP contribution is 2.21. The Morgan fingerprint density at radius 2 is 1.83 bits per heavy atom. The van der Waals surface area contributed by atoms with Crippen molar-refractivity contribution in [2.75, 3.05) is 21.1 Å². The van der Waals surface area contributed by atoms with Gasteiger partial charge in [-0.3, -0.25) is 0 Å². The molecule has 0 atom stereocenters. The second-order valence-corrected chi connectivity index (χ2v) is 6.18. The van der Waals surface area contributed by atoms with Crippen LogP contribution in [0.3, 0.4) is 0 Å². The summed E-state index contributed by atoms with van der Waals surface area (Å²) in [6, 6.07) is 3.71. The number of nitrogens with zero attached hydrogens (tertiary/aromatic N) is 1. The first-order chi connectivity index (χ1) is 8.27. The highest BCUT2D eigenvalue weighted by molar-refractivity contribution is 7.89. The summed E-state index contributed by atoms with van der Waals surface area (Å²) in [7, 11) is 1.63. The number of nitrogens with one attached hydrogen (secondary N) is 2. The number of hydrogen-bond donors (Lipinski definition) is 2. The van der Waals surface area contributed by atoms with E-state index in [2.05, 4.69) is 10.1 Å². The van der Waals surface area contributed by atoms with Crippen LogP contribution in [-0.4, -0.2) is 34.6 Å². The number of aryl methyl sites for hydroxylation is 1. The molecule has 0 amide bonds. The Labute approximate surface area is 109 Å². The SMILES string of the molecule is CNCc1cc(C)c(C)c(S(=O)(=O)NN(C)C)c1. The molecule has 0 saturated heterocycles. The van der Waals surface area contributed by atoms with Gasteiger partial charge in [-0.05, 0) is 43.7 Å². The molecule has 0 fully saturated rings. The lowest BCUT2D eigenvalue weighted by molar-refractivity contribution is 0.364. The fourth-order valence-electron chi connectivity index (χ4n) is 1.77. The van der Waals surface area contributed by atoms with Crippen LogP contribution in [0.1, 0.15) is 16.7 Å². The van der Waals surface area contributed by atoms with Gasteiger partial charge >= 0.3 is 0 Å². The van der Waals surface area contributed by atoms with E-state index < -0.39 is 10.0 Å². The molecule has 1 aromatic rings. The molecule has 0 unspecified atom stereocenters. The van der Waals surface area contributed by atoms with Gasteiger partial charge in [-0.2, -0.15) is 0 Å². The van der Waals surface area contributed by atoms with E-state index in [1.807, 2.05) is 27.0 Å². The van der Waals surface area contributed by atoms with Crippen molar-refractivity contribution < 1.29 is 8.42 Å². The van der Waals surface area contributed by atoms with E-state index in [0.29, 0.717) is 11.4 Å². The summed E-state index contributed by atoms with van der Waals surface area (Å²) in [6.45, 7) is 4.39. The molecule has 0 aliphatic carbocycles. The van der Waals surface area contributed by atoms with Crippen molar-refractivity contribution in [2.45, 2.75) is 25.3 Å². The van der Waals surface area contributed by atoms with Crippen LogP contribution >= 0.6 is 0 Å². The lowest BCUT2D eigenvalue weighted by atomic mass is 10.1. The number of sulfonamides is 1. The maximum absolute atomic E-state index is 12.2. The van der Waals surface area contributed by atoms with Gasteiger partial charge in [-0.15, -0.1) is 4.83 Å². The van der Waals surface area contributed by atoms with Crippen LogP contribution in [0.4, 0.5) is 0 Å². The molecule has 2 N–H and O–H groups in total. The van der Waals surface area contributed by atoms with Crippen molar-refractivity contribution in [1.82, 2.24) is 15.2 Å². The molecule has 0 saturated carbocycles. The van der Waals surface area contributed by atoms with E-state index in [1.54, 1.807) is 20.2 Å². The minimum Gasteiger partial charge on any atom is -0.316 e.